The second kappa shape index (κ2) is 9.70. The third kappa shape index (κ3) is 4.56. The number of rotatable bonds is 4. The highest BCUT2D eigenvalue weighted by atomic mass is 35.5. The van der Waals surface area contributed by atoms with E-state index in [1.165, 1.54) is 12.1 Å². The molecule has 3 heterocycles. The zero-order valence-electron chi connectivity index (χ0n) is 18.7. The van der Waals surface area contributed by atoms with Crippen molar-refractivity contribution in [3.63, 3.8) is 0 Å². The summed E-state index contributed by atoms with van der Waals surface area (Å²) in [6.45, 7) is 1.99. The lowest BCUT2D eigenvalue weighted by atomic mass is 10.1. The van der Waals surface area contributed by atoms with Gasteiger partial charge < -0.3 is 14.9 Å². The number of ether oxygens (including phenoxy) is 1. The molecular weight excluding hydrogens is 503 g/mol. The molecule has 0 saturated heterocycles. The van der Waals surface area contributed by atoms with E-state index in [4.69, 9.17) is 38.2 Å². The monoisotopic (exact) mass is 520 g/mol. The van der Waals surface area contributed by atoms with Crippen molar-refractivity contribution in [2.24, 2.45) is 5.10 Å². The van der Waals surface area contributed by atoms with Gasteiger partial charge in [-0.3, -0.25) is 4.98 Å². The van der Waals surface area contributed by atoms with Crippen LogP contribution in [0.25, 0.3) is 22.3 Å². The number of pyridine rings is 2. The molecule has 0 radical (unpaired) electrons. The van der Waals surface area contributed by atoms with Gasteiger partial charge in [-0.15, -0.1) is 0 Å². The number of nitrogens with one attached hydrogen (secondary N) is 1. The summed E-state index contributed by atoms with van der Waals surface area (Å²) in [5.74, 6) is 0.711. The summed E-state index contributed by atoms with van der Waals surface area (Å²) in [5, 5.41) is 37.8. The van der Waals surface area contributed by atoms with Crippen LogP contribution in [0, 0.1) is 18.3 Å². The van der Waals surface area contributed by atoms with Crippen LogP contribution in [0.2, 0.25) is 10.0 Å². The van der Waals surface area contributed by atoms with Gasteiger partial charge in [0.25, 0.3) is 0 Å². The van der Waals surface area contributed by atoms with E-state index in [0.29, 0.717) is 5.75 Å². The second-order valence-electron chi connectivity index (χ2n) is 7.94. The van der Waals surface area contributed by atoms with E-state index < -0.39 is 12.6 Å². The van der Waals surface area contributed by atoms with Crippen LogP contribution in [0.15, 0.2) is 65.9 Å². The zero-order valence-corrected chi connectivity index (χ0v) is 20.2. The summed E-state index contributed by atoms with van der Waals surface area (Å²) in [6, 6.07) is 17.8. The molecule has 2 unspecified atom stereocenters. The van der Waals surface area contributed by atoms with Crippen molar-refractivity contribution in [3.8, 4) is 29.0 Å². The third-order valence-corrected chi connectivity index (χ3v) is 6.07. The highest BCUT2D eigenvalue weighted by Crippen LogP contribution is 2.41. The Labute approximate surface area is 215 Å². The van der Waals surface area contributed by atoms with E-state index in [1.54, 1.807) is 18.3 Å². The molecule has 2 aromatic heterocycles. The predicted molar refractivity (Wildman–Crippen MR) is 137 cm³/mol. The topological polar surface area (TPSA) is 127 Å². The largest absolute Gasteiger partial charge is 0.454 e. The van der Waals surface area contributed by atoms with E-state index in [2.05, 4.69) is 15.4 Å². The number of benzene rings is 2. The fourth-order valence-electron chi connectivity index (χ4n) is 3.78. The average Bonchev–Trinajstić information content (AvgIpc) is 2.87. The number of nitrogens with zero attached hydrogens (tertiary/aromatic N) is 5. The summed E-state index contributed by atoms with van der Waals surface area (Å²) in [4.78, 5) is 9.09. The Kier molecular flexibility index (Phi) is 6.45. The fourth-order valence-corrected chi connectivity index (χ4v) is 4.33. The molecule has 0 fully saturated rings. The molecule has 36 heavy (non-hydrogen) atoms. The standard InChI is InChI=1S/C25H18Cl2N6O3/c1-13-8-21(20-4-2-3-7-29-20)30-19-6-5-15(11-16(13)19)36-23-17(26)9-14(10-18(23)27)33-25(35)31-24(34)22(12-28)32-33/h2-11,24-25,31,34-35H,1H3. The maximum Gasteiger partial charge on any atom is 0.206 e. The van der Waals surface area contributed by atoms with E-state index in [1.807, 2.05) is 43.3 Å². The van der Waals surface area contributed by atoms with Crippen LogP contribution in [-0.2, 0) is 0 Å². The first-order valence-corrected chi connectivity index (χ1v) is 11.5. The molecule has 180 valence electrons. The van der Waals surface area contributed by atoms with Crippen LogP contribution in [-0.4, -0.2) is 38.5 Å². The minimum Gasteiger partial charge on any atom is -0.454 e. The Bertz CT molecular complexity index is 1520. The first kappa shape index (κ1) is 23.9. The molecule has 11 heteroatoms. The summed E-state index contributed by atoms with van der Waals surface area (Å²) >= 11 is 12.9. The number of anilines is 1. The Balaban J connectivity index is 1.45. The van der Waals surface area contributed by atoms with E-state index >= 15 is 0 Å². The number of hydrazone groups is 1. The molecule has 3 N–H and O–H groups in total. The molecule has 1 aliphatic rings. The Hall–Kier alpha value is -3.78. The number of aliphatic hydroxyl groups excluding tert-OH is 2. The van der Waals surface area contributed by atoms with Gasteiger partial charge in [-0.05, 0) is 61.0 Å². The van der Waals surface area contributed by atoms with Crippen LogP contribution in [0.5, 0.6) is 11.5 Å². The molecule has 9 nitrogen and oxygen atoms in total. The lowest BCUT2D eigenvalue weighted by Gasteiger charge is -2.32. The van der Waals surface area contributed by atoms with Gasteiger partial charge >= 0.3 is 0 Å². The van der Waals surface area contributed by atoms with Gasteiger partial charge in [-0.2, -0.15) is 10.4 Å². The molecule has 0 amide bonds. The van der Waals surface area contributed by atoms with Gasteiger partial charge in [0.15, 0.2) is 17.7 Å². The van der Waals surface area contributed by atoms with Crippen LogP contribution >= 0.6 is 23.2 Å². The van der Waals surface area contributed by atoms with Crippen molar-refractivity contribution in [2.45, 2.75) is 19.5 Å². The SMILES string of the molecule is Cc1cc(-c2ccccn2)nc2ccc(Oc3c(Cl)cc(N4N=C(C#N)C(O)NC4O)cc3Cl)cc12. The molecular formula is C25H18Cl2N6O3. The van der Waals surface area contributed by atoms with Crippen molar-refractivity contribution < 1.29 is 14.9 Å². The highest BCUT2D eigenvalue weighted by Gasteiger charge is 2.29. The quantitative estimate of drug-likeness (QED) is 0.356. The molecule has 0 spiro atoms. The first-order chi connectivity index (χ1) is 17.3. The minimum atomic E-state index is -1.40. The number of fused-ring (bicyclic) bond motifs is 1. The first-order valence-electron chi connectivity index (χ1n) is 10.7. The molecule has 2 atom stereocenters. The summed E-state index contributed by atoms with van der Waals surface area (Å²) in [6.07, 6.45) is -1.06. The maximum absolute atomic E-state index is 10.2. The smallest absolute Gasteiger partial charge is 0.206 e. The van der Waals surface area contributed by atoms with Crippen LogP contribution in [0.1, 0.15) is 5.56 Å². The van der Waals surface area contributed by atoms with Gasteiger partial charge in [0, 0.05) is 11.6 Å². The summed E-state index contributed by atoms with van der Waals surface area (Å²) in [7, 11) is 0. The molecule has 5 rings (SSSR count). The van der Waals surface area contributed by atoms with E-state index in [9.17, 15) is 10.2 Å². The molecule has 0 bridgehead atoms. The maximum atomic E-state index is 10.2. The Morgan fingerprint density at radius 2 is 1.83 bits per heavy atom. The number of aryl methyl sites for hydroxylation is 1. The van der Waals surface area contributed by atoms with Crippen molar-refractivity contribution in [3.05, 3.63) is 76.4 Å². The molecule has 1 aliphatic heterocycles. The molecule has 4 aromatic rings. The van der Waals surface area contributed by atoms with Gasteiger partial charge in [0.1, 0.15) is 11.8 Å². The van der Waals surface area contributed by atoms with Crippen molar-refractivity contribution in [1.29, 1.82) is 5.26 Å². The van der Waals surface area contributed by atoms with Gasteiger partial charge in [-0.25, -0.2) is 15.3 Å². The third-order valence-electron chi connectivity index (χ3n) is 5.51. The van der Waals surface area contributed by atoms with Crippen molar-refractivity contribution in [2.75, 3.05) is 5.01 Å². The van der Waals surface area contributed by atoms with Gasteiger partial charge in [-0.1, -0.05) is 29.3 Å². The lowest BCUT2D eigenvalue weighted by molar-refractivity contribution is 0.0631. The normalized spacial score (nSPS) is 17.6. The fraction of sp³-hybridized carbons (Fsp3) is 0.120. The lowest BCUT2D eigenvalue weighted by Crippen LogP contribution is -2.55. The number of aliphatic hydroxyl groups is 2. The average molecular weight is 521 g/mol. The van der Waals surface area contributed by atoms with Crippen LogP contribution in [0.4, 0.5) is 5.69 Å². The minimum absolute atomic E-state index is 0.157. The van der Waals surface area contributed by atoms with Gasteiger partial charge in [0.2, 0.25) is 6.35 Å². The zero-order chi connectivity index (χ0) is 25.4. The molecule has 0 saturated carbocycles. The summed E-state index contributed by atoms with van der Waals surface area (Å²) < 4.78 is 6.02. The van der Waals surface area contributed by atoms with Crippen LogP contribution in [0.3, 0.4) is 0 Å². The number of halogens is 2. The highest BCUT2D eigenvalue weighted by molar-refractivity contribution is 6.37. The second-order valence-corrected chi connectivity index (χ2v) is 8.76. The molecule has 2 aromatic carbocycles. The van der Waals surface area contributed by atoms with Crippen molar-refractivity contribution >= 4 is 45.5 Å². The Morgan fingerprint density at radius 1 is 1.06 bits per heavy atom. The number of aromatic nitrogens is 2. The van der Waals surface area contributed by atoms with Crippen molar-refractivity contribution in [1.82, 2.24) is 15.3 Å². The predicted octanol–water partition coefficient (Wildman–Crippen LogP) is 4.59. The number of hydrogen-bond acceptors (Lipinski definition) is 9. The van der Waals surface area contributed by atoms with Gasteiger partial charge in [0.05, 0.1) is 32.6 Å². The Morgan fingerprint density at radius 3 is 2.53 bits per heavy atom. The number of hydrogen-bond donors (Lipinski definition) is 3. The van der Waals surface area contributed by atoms with Crippen LogP contribution < -0.4 is 15.1 Å². The molecule has 0 aliphatic carbocycles. The number of nitriles is 1. The van der Waals surface area contributed by atoms with E-state index in [0.717, 1.165) is 32.9 Å². The van der Waals surface area contributed by atoms with E-state index in [-0.39, 0.29) is 27.2 Å². The summed E-state index contributed by atoms with van der Waals surface area (Å²) in [5.41, 5.74) is 3.42.